The molecule has 3 aromatic rings. The van der Waals surface area contributed by atoms with Crippen molar-refractivity contribution in [3.63, 3.8) is 0 Å². The Bertz CT molecular complexity index is 874. The smallest absolute Gasteiger partial charge is 0.239 e. The van der Waals surface area contributed by atoms with Gasteiger partial charge in [-0.2, -0.15) is 5.26 Å². The summed E-state index contributed by atoms with van der Waals surface area (Å²) in [6.45, 7) is 0.801. The minimum absolute atomic E-state index is 0.0563. The van der Waals surface area contributed by atoms with Gasteiger partial charge < -0.3 is 15.6 Å². The van der Waals surface area contributed by atoms with Crippen LogP contribution in [-0.4, -0.2) is 24.0 Å². The summed E-state index contributed by atoms with van der Waals surface area (Å²) in [5, 5.41) is 15.9. The van der Waals surface area contributed by atoms with E-state index in [0.29, 0.717) is 12.1 Å². The third-order valence-corrected chi connectivity index (χ3v) is 3.86. The zero-order chi connectivity index (χ0) is 16.8. The number of nitrogens with one attached hydrogen (secondary N) is 3. The first-order valence-electron chi connectivity index (χ1n) is 7.82. The van der Waals surface area contributed by atoms with E-state index >= 15 is 0 Å². The number of rotatable bonds is 6. The lowest BCUT2D eigenvalue weighted by Gasteiger charge is -2.07. The summed E-state index contributed by atoms with van der Waals surface area (Å²) >= 11 is 0. The van der Waals surface area contributed by atoms with E-state index in [0.717, 1.165) is 17.6 Å². The predicted octanol–water partition coefficient (Wildman–Crippen LogP) is 2.81. The van der Waals surface area contributed by atoms with Crippen LogP contribution >= 0.6 is 0 Å². The maximum Gasteiger partial charge on any atom is 0.239 e. The van der Waals surface area contributed by atoms with Gasteiger partial charge in [-0.15, -0.1) is 0 Å². The fourth-order valence-corrected chi connectivity index (χ4v) is 2.58. The second-order valence-electron chi connectivity index (χ2n) is 5.50. The van der Waals surface area contributed by atoms with Crippen molar-refractivity contribution in [2.75, 3.05) is 18.4 Å². The van der Waals surface area contributed by atoms with Gasteiger partial charge in [0.15, 0.2) is 0 Å². The average molecular weight is 318 g/mol. The lowest BCUT2D eigenvalue weighted by Crippen LogP contribution is -2.31. The van der Waals surface area contributed by atoms with Gasteiger partial charge in [-0.05, 0) is 42.3 Å². The van der Waals surface area contributed by atoms with Crippen LogP contribution in [-0.2, 0) is 11.2 Å². The third-order valence-electron chi connectivity index (χ3n) is 3.86. The van der Waals surface area contributed by atoms with Gasteiger partial charge in [0.05, 0.1) is 18.2 Å². The summed E-state index contributed by atoms with van der Waals surface area (Å²) in [5.41, 5.74) is 3.73. The van der Waals surface area contributed by atoms with Gasteiger partial charge in [0.2, 0.25) is 5.91 Å². The molecule has 0 aliphatic heterocycles. The quantitative estimate of drug-likeness (QED) is 0.654. The van der Waals surface area contributed by atoms with Crippen LogP contribution in [0.25, 0.3) is 10.9 Å². The molecule has 0 saturated carbocycles. The second kappa shape index (κ2) is 7.34. The Morgan fingerprint density at radius 2 is 1.92 bits per heavy atom. The standard InChI is InChI=1S/C19H18N4O/c20-11-14-5-7-16(8-6-14)22-13-19(24)21-10-9-15-12-23-18-4-2-1-3-17(15)18/h1-8,12,22-23H,9-10,13H2,(H,21,24). The van der Waals surface area contributed by atoms with Gasteiger partial charge in [0.25, 0.3) is 0 Å². The van der Waals surface area contributed by atoms with E-state index in [1.807, 2.05) is 24.4 Å². The van der Waals surface area contributed by atoms with E-state index in [9.17, 15) is 4.79 Å². The number of aromatic nitrogens is 1. The summed E-state index contributed by atoms with van der Waals surface area (Å²) in [4.78, 5) is 15.1. The van der Waals surface area contributed by atoms with Gasteiger partial charge in [0.1, 0.15) is 0 Å². The molecule has 1 amide bonds. The maximum atomic E-state index is 11.9. The van der Waals surface area contributed by atoms with Gasteiger partial charge in [-0.25, -0.2) is 0 Å². The second-order valence-corrected chi connectivity index (χ2v) is 5.50. The Balaban J connectivity index is 1.45. The Hall–Kier alpha value is -3.26. The number of benzene rings is 2. The van der Waals surface area contributed by atoms with Crippen LogP contribution in [0.3, 0.4) is 0 Å². The largest absolute Gasteiger partial charge is 0.376 e. The molecular formula is C19H18N4O. The van der Waals surface area contributed by atoms with E-state index in [4.69, 9.17) is 5.26 Å². The Morgan fingerprint density at radius 3 is 2.71 bits per heavy atom. The van der Waals surface area contributed by atoms with Crippen molar-refractivity contribution < 1.29 is 4.79 Å². The number of carbonyl (C=O) groups is 1. The highest BCUT2D eigenvalue weighted by molar-refractivity contribution is 5.83. The molecule has 3 N–H and O–H groups in total. The lowest BCUT2D eigenvalue weighted by molar-refractivity contribution is -0.119. The first-order chi connectivity index (χ1) is 11.8. The SMILES string of the molecule is N#Cc1ccc(NCC(=O)NCCc2c[nH]c3ccccc23)cc1. The van der Waals surface area contributed by atoms with Gasteiger partial charge in [-0.3, -0.25) is 4.79 Å². The highest BCUT2D eigenvalue weighted by Gasteiger charge is 2.04. The minimum Gasteiger partial charge on any atom is -0.376 e. The van der Waals surface area contributed by atoms with E-state index in [1.54, 1.807) is 24.3 Å². The topological polar surface area (TPSA) is 80.7 Å². The summed E-state index contributed by atoms with van der Waals surface area (Å²) in [6.07, 6.45) is 2.78. The summed E-state index contributed by atoms with van der Waals surface area (Å²) in [6, 6.07) is 17.2. The molecule has 2 aromatic carbocycles. The van der Waals surface area contributed by atoms with Gasteiger partial charge >= 0.3 is 0 Å². The van der Waals surface area contributed by atoms with Gasteiger partial charge in [-0.1, -0.05) is 18.2 Å². The first-order valence-corrected chi connectivity index (χ1v) is 7.82. The van der Waals surface area contributed by atoms with Crippen LogP contribution in [0.5, 0.6) is 0 Å². The molecule has 120 valence electrons. The number of hydrogen-bond acceptors (Lipinski definition) is 3. The normalized spacial score (nSPS) is 10.3. The molecule has 0 aliphatic carbocycles. The van der Waals surface area contributed by atoms with Crippen LogP contribution in [0.4, 0.5) is 5.69 Å². The molecule has 5 heteroatoms. The number of para-hydroxylation sites is 1. The van der Waals surface area contributed by atoms with E-state index in [2.05, 4.69) is 27.8 Å². The van der Waals surface area contributed by atoms with Crippen molar-refractivity contribution >= 4 is 22.5 Å². The van der Waals surface area contributed by atoms with Crippen molar-refractivity contribution in [3.05, 3.63) is 65.9 Å². The summed E-state index contributed by atoms with van der Waals surface area (Å²) in [7, 11) is 0. The van der Waals surface area contributed by atoms with Crippen LogP contribution in [0.15, 0.2) is 54.7 Å². The molecule has 0 aliphatic rings. The maximum absolute atomic E-state index is 11.9. The molecule has 3 rings (SSSR count). The number of anilines is 1. The molecule has 0 spiro atoms. The predicted molar refractivity (Wildman–Crippen MR) is 94.7 cm³/mol. The number of carbonyl (C=O) groups excluding carboxylic acids is 1. The molecule has 0 unspecified atom stereocenters. The fourth-order valence-electron chi connectivity index (χ4n) is 2.58. The number of hydrogen-bond donors (Lipinski definition) is 3. The zero-order valence-electron chi connectivity index (χ0n) is 13.2. The molecule has 0 bridgehead atoms. The highest BCUT2D eigenvalue weighted by atomic mass is 16.1. The Labute approximate surface area is 140 Å². The summed E-state index contributed by atoms with van der Waals surface area (Å²) in [5.74, 6) is -0.0563. The molecule has 0 fully saturated rings. The number of nitrogens with zero attached hydrogens (tertiary/aromatic N) is 1. The molecule has 0 atom stereocenters. The van der Waals surface area contributed by atoms with Crippen molar-refractivity contribution in [1.29, 1.82) is 5.26 Å². The van der Waals surface area contributed by atoms with Crippen molar-refractivity contribution in [1.82, 2.24) is 10.3 Å². The molecule has 5 nitrogen and oxygen atoms in total. The summed E-state index contributed by atoms with van der Waals surface area (Å²) < 4.78 is 0. The van der Waals surface area contributed by atoms with Crippen LogP contribution < -0.4 is 10.6 Å². The van der Waals surface area contributed by atoms with Crippen LogP contribution in [0, 0.1) is 11.3 Å². The van der Waals surface area contributed by atoms with Crippen molar-refractivity contribution in [2.24, 2.45) is 0 Å². The molecule has 1 aromatic heterocycles. The third kappa shape index (κ3) is 3.73. The molecule has 0 saturated heterocycles. The molecule has 1 heterocycles. The number of amides is 1. The van der Waals surface area contributed by atoms with Crippen molar-refractivity contribution in [3.8, 4) is 6.07 Å². The van der Waals surface area contributed by atoms with Crippen LogP contribution in [0.1, 0.15) is 11.1 Å². The van der Waals surface area contributed by atoms with E-state index in [-0.39, 0.29) is 12.5 Å². The monoisotopic (exact) mass is 318 g/mol. The van der Waals surface area contributed by atoms with Gasteiger partial charge in [0, 0.05) is 29.3 Å². The molecular weight excluding hydrogens is 300 g/mol. The minimum atomic E-state index is -0.0563. The molecule has 24 heavy (non-hydrogen) atoms. The first kappa shape index (κ1) is 15.6. The lowest BCUT2D eigenvalue weighted by atomic mass is 10.1. The van der Waals surface area contributed by atoms with E-state index in [1.165, 1.54) is 10.9 Å². The number of H-pyrrole nitrogens is 1. The number of aromatic amines is 1. The van der Waals surface area contributed by atoms with Crippen molar-refractivity contribution in [2.45, 2.75) is 6.42 Å². The number of nitriles is 1. The number of fused-ring (bicyclic) bond motifs is 1. The zero-order valence-corrected chi connectivity index (χ0v) is 13.2. The average Bonchev–Trinajstić information content (AvgIpc) is 3.04. The Kier molecular flexibility index (Phi) is 4.78. The fraction of sp³-hybridized carbons (Fsp3) is 0.158. The highest BCUT2D eigenvalue weighted by Crippen LogP contribution is 2.17. The van der Waals surface area contributed by atoms with Crippen LogP contribution in [0.2, 0.25) is 0 Å². The van der Waals surface area contributed by atoms with E-state index < -0.39 is 0 Å². The molecule has 0 radical (unpaired) electrons. The Morgan fingerprint density at radius 1 is 1.12 bits per heavy atom.